The lowest BCUT2D eigenvalue weighted by Crippen LogP contribution is -2.04. The van der Waals surface area contributed by atoms with E-state index in [-0.39, 0.29) is 5.78 Å². The van der Waals surface area contributed by atoms with Crippen LogP contribution >= 0.6 is 0 Å². The highest BCUT2D eigenvalue weighted by Gasteiger charge is 2.18. The van der Waals surface area contributed by atoms with Gasteiger partial charge in [-0.3, -0.25) is 4.79 Å². The fourth-order valence-electron chi connectivity index (χ4n) is 2.44. The first-order valence-electron chi connectivity index (χ1n) is 7.82. The van der Waals surface area contributed by atoms with Gasteiger partial charge in [-0.25, -0.2) is 0 Å². The van der Waals surface area contributed by atoms with E-state index in [2.05, 4.69) is 6.58 Å². The molecule has 0 N–H and O–H groups in total. The van der Waals surface area contributed by atoms with Crippen molar-refractivity contribution in [2.75, 3.05) is 27.9 Å². The number of benzene rings is 2. The Labute approximate surface area is 147 Å². The Kier molecular flexibility index (Phi) is 6.06. The average Bonchev–Trinajstić information content (AvgIpc) is 2.66. The highest BCUT2D eigenvalue weighted by Crippen LogP contribution is 2.38. The quantitative estimate of drug-likeness (QED) is 0.537. The molecule has 0 spiro atoms. The van der Waals surface area contributed by atoms with Crippen molar-refractivity contribution in [3.63, 3.8) is 0 Å². The number of hydrogen-bond donors (Lipinski definition) is 0. The monoisotopic (exact) mass is 342 g/mol. The van der Waals surface area contributed by atoms with Crippen LogP contribution in [0.15, 0.2) is 43.0 Å². The molecule has 0 aliphatic carbocycles. The number of rotatable bonds is 8. The van der Waals surface area contributed by atoms with Gasteiger partial charge in [0.25, 0.3) is 0 Å². The van der Waals surface area contributed by atoms with Crippen LogP contribution in [-0.2, 0) is 4.74 Å². The Morgan fingerprint density at radius 1 is 0.880 bits per heavy atom. The summed E-state index contributed by atoms with van der Waals surface area (Å²) in [6.07, 6.45) is 0. The van der Waals surface area contributed by atoms with E-state index in [1.807, 2.05) is 19.1 Å². The second-order valence-corrected chi connectivity index (χ2v) is 5.18. The lowest BCUT2D eigenvalue weighted by molar-refractivity contribution is 0.103. The van der Waals surface area contributed by atoms with Crippen LogP contribution in [0.2, 0.25) is 0 Å². The second-order valence-electron chi connectivity index (χ2n) is 5.18. The maximum absolute atomic E-state index is 12.8. The summed E-state index contributed by atoms with van der Waals surface area (Å²) in [6.45, 7) is 6.30. The zero-order valence-corrected chi connectivity index (χ0v) is 14.9. The molecular formula is C20H22O5. The topological polar surface area (TPSA) is 54.0 Å². The average molecular weight is 342 g/mol. The molecule has 2 aromatic rings. The van der Waals surface area contributed by atoms with Gasteiger partial charge in [0.05, 0.1) is 27.9 Å². The SMILES string of the molecule is C=C(OCC)c1ccc(C(=O)c2cc(OC)c(OC)c(OC)c2)cc1. The van der Waals surface area contributed by atoms with Gasteiger partial charge < -0.3 is 18.9 Å². The summed E-state index contributed by atoms with van der Waals surface area (Å²) in [6, 6.07) is 10.4. The third-order valence-corrected chi connectivity index (χ3v) is 3.71. The van der Waals surface area contributed by atoms with Gasteiger partial charge in [-0.15, -0.1) is 0 Å². The summed E-state index contributed by atoms with van der Waals surface area (Å²) >= 11 is 0. The van der Waals surface area contributed by atoms with Crippen molar-refractivity contribution in [3.05, 3.63) is 59.7 Å². The van der Waals surface area contributed by atoms with E-state index in [1.165, 1.54) is 21.3 Å². The van der Waals surface area contributed by atoms with Crippen molar-refractivity contribution in [1.82, 2.24) is 0 Å². The van der Waals surface area contributed by atoms with Gasteiger partial charge in [-0.1, -0.05) is 30.8 Å². The van der Waals surface area contributed by atoms with E-state index in [0.717, 1.165) is 5.56 Å². The third kappa shape index (κ3) is 3.94. The van der Waals surface area contributed by atoms with E-state index < -0.39 is 0 Å². The highest BCUT2D eigenvalue weighted by atomic mass is 16.5. The molecular weight excluding hydrogens is 320 g/mol. The van der Waals surface area contributed by atoms with Gasteiger partial charge in [0.1, 0.15) is 5.76 Å². The van der Waals surface area contributed by atoms with Crippen LogP contribution in [0.25, 0.3) is 5.76 Å². The van der Waals surface area contributed by atoms with Gasteiger partial charge in [0.15, 0.2) is 17.3 Å². The first-order valence-corrected chi connectivity index (χ1v) is 7.82. The summed E-state index contributed by atoms with van der Waals surface area (Å²) in [7, 11) is 4.55. The van der Waals surface area contributed by atoms with Crippen LogP contribution in [0, 0.1) is 0 Å². The summed E-state index contributed by atoms with van der Waals surface area (Å²) in [4.78, 5) is 12.8. The first-order chi connectivity index (χ1) is 12.0. The van der Waals surface area contributed by atoms with Gasteiger partial charge >= 0.3 is 0 Å². The number of carbonyl (C=O) groups excluding carboxylic acids is 1. The van der Waals surface area contributed by atoms with Crippen molar-refractivity contribution in [1.29, 1.82) is 0 Å². The molecule has 0 atom stereocenters. The van der Waals surface area contributed by atoms with Crippen molar-refractivity contribution in [2.45, 2.75) is 6.92 Å². The zero-order chi connectivity index (χ0) is 18.4. The molecule has 0 saturated carbocycles. The van der Waals surface area contributed by atoms with Crippen LogP contribution in [0.1, 0.15) is 28.4 Å². The molecule has 0 heterocycles. The highest BCUT2D eigenvalue weighted by molar-refractivity contribution is 6.09. The molecule has 0 unspecified atom stereocenters. The molecule has 25 heavy (non-hydrogen) atoms. The maximum atomic E-state index is 12.8. The Morgan fingerprint density at radius 3 is 1.84 bits per heavy atom. The molecule has 0 radical (unpaired) electrons. The van der Waals surface area contributed by atoms with Crippen LogP contribution < -0.4 is 14.2 Å². The number of ether oxygens (including phenoxy) is 4. The number of carbonyl (C=O) groups is 1. The zero-order valence-electron chi connectivity index (χ0n) is 14.9. The Balaban J connectivity index is 2.35. The molecule has 0 amide bonds. The van der Waals surface area contributed by atoms with Gasteiger partial charge in [0, 0.05) is 16.7 Å². The first kappa shape index (κ1) is 18.4. The minimum Gasteiger partial charge on any atom is -0.494 e. The van der Waals surface area contributed by atoms with Crippen molar-refractivity contribution < 1.29 is 23.7 Å². The largest absolute Gasteiger partial charge is 0.494 e. The molecule has 0 bridgehead atoms. The van der Waals surface area contributed by atoms with Crippen LogP contribution in [-0.4, -0.2) is 33.7 Å². The standard InChI is InChI=1S/C20H22O5/c1-6-25-13(2)14-7-9-15(10-8-14)19(21)16-11-17(22-3)20(24-5)18(12-16)23-4/h7-12H,2,6H2,1,3-5H3. The molecule has 0 fully saturated rings. The Morgan fingerprint density at radius 2 is 1.40 bits per heavy atom. The predicted octanol–water partition coefficient (Wildman–Crippen LogP) is 3.95. The van der Waals surface area contributed by atoms with E-state index in [4.69, 9.17) is 18.9 Å². The normalized spacial score (nSPS) is 10.1. The molecule has 132 valence electrons. The molecule has 0 aliphatic rings. The molecule has 2 aromatic carbocycles. The molecule has 0 aliphatic heterocycles. The van der Waals surface area contributed by atoms with Crippen molar-refractivity contribution in [2.24, 2.45) is 0 Å². The van der Waals surface area contributed by atoms with Crippen LogP contribution in [0.5, 0.6) is 17.2 Å². The van der Waals surface area contributed by atoms with Crippen LogP contribution in [0.3, 0.4) is 0 Å². The van der Waals surface area contributed by atoms with E-state index in [0.29, 0.717) is 40.7 Å². The Bertz CT molecular complexity index is 737. The lowest BCUT2D eigenvalue weighted by atomic mass is 10.0. The number of methoxy groups -OCH3 is 3. The minimum absolute atomic E-state index is 0.146. The van der Waals surface area contributed by atoms with E-state index in [9.17, 15) is 4.79 Å². The molecule has 5 heteroatoms. The Hall–Kier alpha value is -2.95. The number of hydrogen-bond acceptors (Lipinski definition) is 5. The van der Waals surface area contributed by atoms with Gasteiger partial charge in [-0.05, 0) is 19.1 Å². The van der Waals surface area contributed by atoms with E-state index >= 15 is 0 Å². The number of ketones is 1. The summed E-state index contributed by atoms with van der Waals surface area (Å²) in [5, 5.41) is 0. The van der Waals surface area contributed by atoms with Crippen molar-refractivity contribution in [3.8, 4) is 17.2 Å². The van der Waals surface area contributed by atoms with Gasteiger partial charge in [-0.2, -0.15) is 0 Å². The maximum Gasteiger partial charge on any atom is 0.203 e. The summed E-state index contributed by atoms with van der Waals surface area (Å²) in [5.41, 5.74) is 1.83. The second kappa shape index (κ2) is 8.24. The molecule has 0 aromatic heterocycles. The molecule has 5 nitrogen and oxygen atoms in total. The summed E-state index contributed by atoms with van der Waals surface area (Å²) in [5.74, 6) is 1.75. The van der Waals surface area contributed by atoms with Gasteiger partial charge in [0.2, 0.25) is 5.75 Å². The third-order valence-electron chi connectivity index (χ3n) is 3.71. The summed E-state index contributed by atoms with van der Waals surface area (Å²) < 4.78 is 21.2. The smallest absolute Gasteiger partial charge is 0.203 e. The fraction of sp³-hybridized carbons (Fsp3) is 0.250. The van der Waals surface area contributed by atoms with E-state index in [1.54, 1.807) is 24.3 Å². The lowest BCUT2D eigenvalue weighted by Gasteiger charge is -2.14. The molecule has 0 saturated heterocycles. The van der Waals surface area contributed by atoms with Crippen LogP contribution in [0.4, 0.5) is 0 Å². The fourth-order valence-corrected chi connectivity index (χ4v) is 2.44. The van der Waals surface area contributed by atoms with Crippen molar-refractivity contribution >= 4 is 11.5 Å². The predicted molar refractivity (Wildman–Crippen MR) is 96.6 cm³/mol. The molecule has 2 rings (SSSR count). The minimum atomic E-state index is -0.146.